The van der Waals surface area contributed by atoms with Gasteiger partial charge in [-0.2, -0.15) is 0 Å². The summed E-state index contributed by atoms with van der Waals surface area (Å²) >= 11 is 0. The third-order valence-corrected chi connectivity index (χ3v) is 3.58. The van der Waals surface area contributed by atoms with Gasteiger partial charge in [0.1, 0.15) is 5.82 Å². The van der Waals surface area contributed by atoms with E-state index in [-0.39, 0.29) is 18.0 Å². The lowest BCUT2D eigenvalue weighted by Crippen LogP contribution is -2.42. The monoisotopic (exact) mass is 237 g/mol. The predicted octanol–water partition coefficient (Wildman–Crippen LogP) is 2.56. The standard InChI is InChI=1S/C14H20FNO/c1-16(13-7-2-3-8-14(13)17)10-11-5-4-6-12(15)9-11/h4-6,9,13-14,17H,2-3,7-8,10H2,1H3. The molecule has 94 valence electrons. The molecule has 0 heterocycles. The van der Waals surface area contributed by atoms with Gasteiger partial charge in [0.25, 0.3) is 0 Å². The van der Waals surface area contributed by atoms with Crippen LogP contribution in [0, 0.1) is 5.82 Å². The van der Waals surface area contributed by atoms with Crippen molar-refractivity contribution in [3.63, 3.8) is 0 Å². The number of aliphatic hydroxyl groups excluding tert-OH is 1. The molecule has 1 aromatic rings. The summed E-state index contributed by atoms with van der Waals surface area (Å²) in [5.74, 6) is -0.194. The summed E-state index contributed by atoms with van der Waals surface area (Å²) in [4.78, 5) is 2.14. The molecule has 0 saturated heterocycles. The zero-order valence-corrected chi connectivity index (χ0v) is 10.3. The summed E-state index contributed by atoms with van der Waals surface area (Å²) in [6, 6.07) is 6.89. The first-order valence-electron chi connectivity index (χ1n) is 6.29. The minimum Gasteiger partial charge on any atom is -0.391 e. The fourth-order valence-electron chi connectivity index (χ4n) is 2.65. The Morgan fingerprint density at radius 1 is 1.35 bits per heavy atom. The van der Waals surface area contributed by atoms with Crippen LogP contribution in [-0.2, 0) is 6.54 Å². The first-order chi connectivity index (χ1) is 8.16. The summed E-state index contributed by atoms with van der Waals surface area (Å²) in [7, 11) is 2.00. The molecule has 1 saturated carbocycles. The highest BCUT2D eigenvalue weighted by atomic mass is 19.1. The van der Waals surface area contributed by atoms with Crippen molar-refractivity contribution in [2.75, 3.05) is 7.05 Å². The van der Waals surface area contributed by atoms with E-state index in [0.29, 0.717) is 6.54 Å². The Bertz CT molecular complexity index is 369. The lowest BCUT2D eigenvalue weighted by atomic mass is 9.91. The molecule has 2 atom stereocenters. The van der Waals surface area contributed by atoms with E-state index in [4.69, 9.17) is 0 Å². The van der Waals surface area contributed by atoms with Gasteiger partial charge in [0.15, 0.2) is 0 Å². The zero-order chi connectivity index (χ0) is 12.3. The van der Waals surface area contributed by atoms with Gasteiger partial charge in [-0.05, 0) is 37.6 Å². The van der Waals surface area contributed by atoms with Crippen molar-refractivity contribution < 1.29 is 9.50 Å². The van der Waals surface area contributed by atoms with Gasteiger partial charge in [0, 0.05) is 12.6 Å². The van der Waals surface area contributed by atoms with E-state index < -0.39 is 0 Å². The maximum Gasteiger partial charge on any atom is 0.123 e. The molecule has 1 fully saturated rings. The Morgan fingerprint density at radius 3 is 2.82 bits per heavy atom. The van der Waals surface area contributed by atoms with Crippen LogP contribution in [0.2, 0.25) is 0 Å². The smallest absolute Gasteiger partial charge is 0.123 e. The van der Waals surface area contributed by atoms with Gasteiger partial charge >= 0.3 is 0 Å². The second kappa shape index (κ2) is 5.61. The molecule has 0 bridgehead atoms. The number of halogens is 1. The van der Waals surface area contributed by atoms with Crippen molar-refractivity contribution >= 4 is 0 Å². The second-order valence-corrected chi connectivity index (χ2v) is 4.96. The van der Waals surface area contributed by atoms with Gasteiger partial charge in [-0.15, -0.1) is 0 Å². The molecule has 0 aliphatic heterocycles. The van der Waals surface area contributed by atoms with Crippen molar-refractivity contribution in [1.29, 1.82) is 0 Å². The third kappa shape index (κ3) is 3.27. The molecule has 1 aliphatic carbocycles. The zero-order valence-electron chi connectivity index (χ0n) is 10.3. The Morgan fingerprint density at radius 2 is 2.12 bits per heavy atom. The van der Waals surface area contributed by atoms with Crippen LogP contribution in [0.4, 0.5) is 4.39 Å². The van der Waals surface area contributed by atoms with Crippen molar-refractivity contribution in [2.24, 2.45) is 0 Å². The van der Waals surface area contributed by atoms with E-state index in [1.54, 1.807) is 12.1 Å². The molecule has 1 N–H and O–H groups in total. The largest absolute Gasteiger partial charge is 0.391 e. The Hall–Kier alpha value is -0.930. The van der Waals surface area contributed by atoms with Gasteiger partial charge in [-0.1, -0.05) is 25.0 Å². The van der Waals surface area contributed by atoms with Crippen LogP contribution in [-0.4, -0.2) is 29.2 Å². The van der Waals surface area contributed by atoms with Crippen molar-refractivity contribution in [1.82, 2.24) is 4.90 Å². The van der Waals surface area contributed by atoms with Crippen molar-refractivity contribution in [3.05, 3.63) is 35.6 Å². The normalized spacial score (nSPS) is 25.2. The molecule has 2 rings (SSSR count). The quantitative estimate of drug-likeness (QED) is 0.873. The maximum absolute atomic E-state index is 13.1. The molecule has 1 aliphatic rings. The summed E-state index contributed by atoms with van der Waals surface area (Å²) < 4.78 is 13.1. The fraction of sp³-hybridized carbons (Fsp3) is 0.571. The molecule has 17 heavy (non-hydrogen) atoms. The molecule has 3 heteroatoms. The van der Waals surface area contributed by atoms with Crippen molar-refractivity contribution in [3.8, 4) is 0 Å². The number of rotatable bonds is 3. The van der Waals surface area contributed by atoms with Gasteiger partial charge in [-0.3, -0.25) is 4.90 Å². The van der Waals surface area contributed by atoms with Crippen LogP contribution >= 0.6 is 0 Å². The van der Waals surface area contributed by atoms with Crippen LogP contribution in [0.5, 0.6) is 0 Å². The molecule has 1 aromatic carbocycles. The number of benzene rings is 1. The molecule has 2 nitrogen and oxygen atoms in total. The minimum atomic E-state index is -0.234. The van der Waals surface area contributed by atoms with E-state index in [1.807, 2.05) is 13.1 Å². The predicted molar refractivity (Wildman–Crippen MR) is 66.1 cm³/mol. The number of likely N-dealkylation sites (N-methyl/N-ethyl adjacent to an activating group) is 1. The van der Waals surface area contributed by atoms with Gasteiger partial charge in [0.05, 0.1) is 6.10 Å². The molecular weight excluding hydrogens is 217 g/mol. The molecule has 0 aromatic heterocycles. The average Bonchev–Trinajstić information content (AvgIpc) is 2.29. The third-order valence-electron chi connectivity index (χ3n) is 3.58. The van der Waals surface area contributed by atoms with E-state index in [1.165, 1.54) is 12.5 Å². The van der Waals surface area contributed by atoms with Crippen molar-refractivity contribution in [2.45, 2.75) is 44.4 Å². The molecule has 0 amide bonds. The fourth-order valence-corrected chi connectivity index (χ4v) is 2.65. The number of aliphatic hydroxyl groups is 1. The van der Waals surface area contributed by atoms with Crippen LogP contribution in [0.3, 0.4) is 0 Å². The highest BCUT2D eigenvalue weighted by Gasteiger charge is 2.26. The van der Waals surface area contributed by atoms with E-state index in [2.05, 4.69) is 4.90 Å². The van der Waals surface area contributed by atoms with Crippen LogP contribution in [0.1, 0.15) is 31.2 Å². The molecule has 0 radical (unpaired) electrons. The number of hydrogen-bond acceptors (Lipinski definition) is 2. The van der Waals surface area contributed by atoms with Crippen LogP contribution < -0.4 is 0 Å². The first-order valence-corrected chi connectivity index (χ1v) is 6.29. The van der Waals surface area contributed by atoms with Gasteiger partial charge in [-0.25, -0.2) is 4.39 Å². The van der Waals surface area contributed by atoms with Crippen LogP contribution in [0.15, 0.2) is 24.3 Å². The topological polar surface area (TPSA) is 23.5 Å². The minimum absolute atomic E-state index is 0.194. The van der Waals surface area contributed by atoms with E-state index in [9.17, 15) is 9.50 Å². The molecular formula is C14H20FNO. The summed E-state index contributed by atoms with van der Waals surface area (Å²) in [6.45, 7) is 0.694. The second-order valence-electron chi connectivity index (χ2n) is 4.96. The Labute approximate surface area is 102 Å². The molecule has 2 unspecified atom stereocenters. The van der Waals surface area contributed by atoms with Crippen LogP contribution in [0.25, 0.3) is 0 Å². The van der Waals surface area contributed by atoms with Gasteiger partial charge in [0.2, 0.25) is 0 Å². The summed E-state index contributed by atoms with van der Waals surface area (Å²) in [5, 5.41) is 9.96. The Kier molecular flexibility index (Phi) is 4.13. The summed E-state index contributed by atoms with van der Waals surface area (Å²) in [6.07, 6.45) is 3.98. The lowest BCUT2D eigenvalue weighted by Gasteiger charge is -2.35. The summed E-state index contributed by atoms with van der Waals surface area (Å²) in [5.41, 5.74) is 0.963. The SMILES string of the molecule is CN(Cc1cccc(F)c1)C1CCCCC1O. The van der Waals surface area contributed by atoms with E-state index >= 15 is 0 Å². The maximum atomic E-state index is 13.1. The highest BCUT2D eigenvalue weighted by Crippen LogP contribution is 2.23. The van der Waals surface area contributed by atoms with Gasteiger partial charge < -0.3 is 5.11 Å². The Balaban J connectivity index is 1.98. The highest BCUT2D eigenvalue weighted by molar-refractivity contribution is 5.16. The average molecular weight is 237 g/mol. The number of nitrogens with zero attached hydrogens (tertiary/aromatic N) is 1. The lowest BCUT2D eigenvalue weighted by molar-refractivity contribution is 0.0288. The molecule has 0 spiro atoms. The van der Waals surface area contributed by atoms with E-state index in [0.717, 1.165) is 24.8 Å². The first kappa shape index (κ1) is 12.5. The number of hydrogen-bond donors (Lipinski definition) is 1.